The topological polar surface area (TPSA) is 35.5 Å². The predicted molar refractivity (Wildman–Crippen MR) is 40.8 cm³/mol. The molecule has 6 heteroatoms. The van der Waals surface area contributed by atoms with Crippen molar-refractivity contribution >= 4 is 18.0 Å². The number of halogens is 2. The van der Waals surface area contributed by atoms with Gasteiger partial charge in [-0.3, -0.25) is 0 Å². The van der Waals surface area contributed by atoms with Gasteiger partial charge in [0.25, 0.3) is 0 Å². The van der Waals surface area contributed by atoms with Crippen molar-refractivity contribution in [2.75, 3.05) is 13.2 Å². The Labute approximate surface area is 73.6 Å². The van der Waals surface area contributed by atoms with Crippen molar-refractivity contribution in [3.05, 3.63) is 0 Å². The lowest BCUT2D eigenvalue weighted by Crippen LogP contribution is -2.27. The van der Waals surface area contributed by atoms with Gasteiger partial charge in [0.2, 0.25) is 0 Å². The second-order valence-electron chi connectivity index (χ2n) is 1.73. The van der Waals surface area contributed by atoms with Crippen molar-refractivity contribution in [1.29, 1.82) is 0 Å². The molecule has 0 unspecified atom stereocenters. The lowest BCUT2D eigenvalue weighted by Gasteiger charge is -2.11. The Bertz CT molecular complexity index is 152. The van der Waals surface area contributed by atoms with Gasteiger partial charge in [-0.1, -0.05) is 0 Å². The number of hydrogen-bond acceptors (Lipinski definition) is 4. The quantitative estimate of drug-likeness (QED) is 0.501. The molecule has 0 aromatic heterocycles. The number of esters is 1. The van der Waals surface area contributed by atoms with Crippen LogP contribution in [-0.2, 0) is 13.7 Å². The summed E-state index contributed by atoms with van der Waals surface area (Å²) in [6, 6.07) is 0. The minimum Gasteiger partial charge on any atom is -0.461 e. The molecule has 0 aliphatic heterocycles. The molecule has 3 nitrogen and oxygen atoms in total. The van der Waals surface area contributed by atoms with Crippen LogP contribution >= 0.6 is 12.0 Å². The molecule has 0 fully saturated rings. The second-order valence-corrected chi connectivity index (χ2v) is 2.64. The van der Waals surface area contributed by atoms with Crippen molar-refractivity contribution < 1.29 is 22.5 Å². The van der Waals surface area contributed by atoms with Crippen LogP contribution in [0, 0.1) is 0 Å². The van der Waals surface area contributed by atoms with Crippen molar-refractivity contribution in [1.82, 2.24) is 0 Å². The number of carbonyl (C=O) groups excluding carboxylic acids is 1. The van der Waals surface area contributed by atoms with Gasteiger partial charge in [0.1, 0.15) is 0 Å². The molecule has 0 heterocycles. The molecule has 0 saturated carbocycles. The molecule has 0 aromatic rings. The Balaban J connectivity index is 3.90. The molecule has 0 amide bonds. The van der Waals surface area contributed by atoms with Crippen molar-refractivity contribution in [3.63, 3.8) is 0 Å². The lowest BCUT2D eigenvalue weighted by atomic mass is 10.7. The van der Waals surface area contributed by atoms with Gasteiger partial charge in [0.05, 0.1) is 25.3 Å². The molecular formula is C6H10F2O3S. The molecule has 0 aliphatic rings. The van der Waals surface area contributed by atoms with Crippen LogP contribution in [0.4, 0.5) is 8.78 Å². The molecule has 0 aromatic carbocycles. The van der Waals surface area contributed by atoms with E-state index >= 15 is 0 Å². The average Bonchev–Trinajstić information content (AvgIpc) is 2.01. The van der Waals surface area contributed by atoms with E-state index in [2.05, 4.69) is 8.92 Å². The fourth-order valence-electron chi connectivity index (χ4n) is 0.382. The standard InChI is InChI=1S/C6H10F2O3S/c1-3-10-5(9)6(7,8)12-11-4-2/h3-4H2,1-2H3. The highest BCUT2D eigenvalue weighted by Crippen LogP contribution is 2.30. The van der Waals surface area contributed by atoms with E-state index in [1.165, 1.54) is 6.92 Å². The molecule has 0 N–H and O–H groups in total. The fourth-order valence-corrected chi connectivity index (χ4v) is 0.775. The van der Waals surface area contributed by atoms with Crippen LogP contribution in [0.15, 0.2) is 0 Å². The first kappa shape index (κ1) is 11.6. The highest BCUT2D eigenvalue weighted by atomic mass is 32.2. The number of ether oxygens (including phenoxy) is 1. The number of hydrogen-bond donors (Lipinski definition) is 0. The summed E-state index contributed by atoms with van der Waals surface area (Å²) in [7, 11) is 0. The highest BCUT2D eigenvalue weighted by molar-refractivity contribution is 7.96. The Hall–Kier alpha value is -0.360. The maximum Gasteiger partial charge on any atom is 0.412 e. The highest BCUT2D eigenvalue weighted by Gasteiger charge is 2.42. The zero-order valence-electron chi connectivity index (χ0n) is 6.80. The minimum atomic E-state index is -3.61. The predicted octanol–water partition coefficient (Wildman–Crippen LogP) is 1.83. The van der Waals surface area contributed by atoms with E-state index in [-0.39, 0.29) is 25.3 Å². The van der Waals surface area contributed by atoms with Gasteiger partial charge in [-0.05, 0) is 13.8 Å². The van der Waals surface area contributed by atoms with Gasteiger partial charge < -0.3 is 8.92 Å². The first-order valence-electron chi connectivity index (χ1n) is 3.40. The van der Waals surface area contributed by atoms with Gasteiger partial charge in [0, 0.05) is 0 Å². The Morgan fingerprint density at radius 3 is 2.42 bits per heavy atom. The summed E-state index contributed by atoms with van der Waals surface area (Å²) in [6.45, 7) is 3.05. The number of carbonyl (C=O) groups is 1. The van der Waals surface area contributed by atoms with Crippen LogP contribution in [0.2, 0.25) is 0 Å². The monoisotopic (exact) mass is 200 g/mol. The van der Waals surface area contributed by atoms with E-state index < -0.39 is 11.2 Å². The summed E-state index contributed by atoms with van der Waals surface area (Å²) >= 11 is -0.181. The molecule has 0 spiro atoms. The SMILES string of the molecule is CCOSC(F)(F)C(=O)OCC. The van der Waals surface area contributed by atoms with Gasteiger partial charge in [-0.25, -0.2) is 4.79 Å². The summed E-state index contributed by atoms with van der Waals surface area (Å²) < 4.78 is 33.6. The first-order valence-corrected chi connectivity index (χ1v) is 4.14. The second kappa shape index (κ2) is 5.31. The third kappa shape index (κ3) is 3.87. The molecule has 0 saturated heterocycles. The van der Waals surface area contributed by atoms with Crippen molar-refractivity contribution in [3.8, 4) is 0 Å². The summed E-state index contributed by atoms with van der Waals surface area (Å²) in [5.41, 5.74) is 0. The normalized spacial score (nSPS) is 11.3. The molecule has 72 valence electrons. The first-order chi connectivity index (χ1) is 5.54. The molecule has 0 aliphatic carbocycles. The van der Waals surface area contributed by atoms with Crippen LogP contribution in [-0.4, -0.2) is 24.4 Å². The average molecular weight is 200 g/mol. The number of rotatable bonds is 5. The zero-order chi connectivity index (χ0) is 9.61. The lowest BCUT2D eigenvalue weighted by molar-refractivity contribution is -0.159. The summed E-state index contributed by atoms with van der Waals surface area (Å²) in [6.07, 6.45) is 0. The molecular weight excluding hydrogens is 190 g/mol. The Kier molecular flexibility index (Phi) is 5.16. The van der Waals surface area contributed by atoms with E-state index in [1.807, 2.05) is 0 Å². The fraction of sp³-hybridized carbons (Fsp3) is 0.833. The Morgan fingerprint density at radius 1 is 1.42 bits per heavy atom. The van der Waals surface area contributed by atoms with Crippen LogP contribution in [0.25, 0.3) is 0 Å². The van der Waals surface area contributed by atoms with Crippen LogP contribution in [0.5, 0.6) is 0 Å². The molecule has 0 rings (SSSR count). The number of alkyl halides is 2. The van der Waals surface area contributed by atoms with E-state index in [0.717, 1.165) is 0 Å². The zero-order valence-corrected chi connectivity index (χ0v) is 7.62. The van der Waals surface area contributed by atoms with E-state index in [4.69, 9.17) is 0 Å². The van der Waals surface area contributed by atoms with Gasteiger partial charge in [-0.2, -0.15) is 8.78 Å². The van der Waals surface area contributed by atoms with Crippen LogP contribution in [0.3, 0.4) is 0 Å². The smallest absolute Gasteiger partial charge is 0.412 e. The molecule has 0 atom stereocenters. The van der Waals surface area contributed by atoms with Crippen LogP contribution < -0.4 is 0 Å². The van der Waals surface area contributed by atoms with E-state index in [1.54, 1.807) is 6.92 Å². The van der Waals surface area contributed by atoms with E-state index in [0.29, 0.717) is 0 Å². The Morgan fingerprint density at radius 2 is 2.00 bits per heavy atom. The van der Waals surface area contributed by atoms with Gasteiger partial charge >= 0.3 is 11.2 Å². The summed E-state index contributed by atoms with van der Waals surface area (Å²) in [4.78, 5) is 10.5. The molecule has 0 bridgehead atoms. The maximum atomic E-state index is 12.6. The van der Waals surface area contributed by atoms with Crippen LogP contribution in [0.1, 0.15) is 13.8 Å². The minimum absolute atomic E-state index is 0.0683. The van der Waals surface area contributed by atoms with Gasteiger partial charge in [-0.15, -0.1) is 0 Å². The third-order valence-corrected chi connectivity index (χ3v) is 1.52. The third-order valence-electron chi connectivity index (χ3n) is 0.795. The summed E-state index contributed by atoms with van der Waals surface area (Å²) in [5, 5.41) is -3.61. The maximum absolute atomic E-state index is 12.6. The summed E-state index contributed by atoms with van der Waals surface area (Å²) in [5.74, 6) is -1.57. The van der Waals surface area contributed by atoms with Gasteiger partial charge in [0.15, 0.2) is 0 Å². The largest absolute Gasteiger partial charge is 0.461 e. The van der Waals surface area contributed by atoms with E-state index in [9.17, 15) is 13.6 Å². The molecule has 12 heavy (non-hydrogen) atoms. The van der Waals surface area contributed by atoms with Crippen molar-refractivity contribution in [2.45, 2.75) is 19.1 Å². The molecule has 0 radical (unpaired) electrons. The van der Waals surface area contributed by atoms with Crippen molar-refractivity contribution in [2.24, 2.45) is 0 Å².